The summed E-state index contributed by atoms with van der Waals surface area (Å²) in [6.07, 6.45) is 1.38. The minimum atomic E-state index is -3.56. The Kier molecular flexibility index (Phi) is 3.58. The molecule has 1 heterocycles. The van der Waals surface area contributed by atoms with Gasteiger partial charge in [-0.1, -0.05) is 0 Å². The van der Waals surface area contributed by atoms with E-state index in [0.717, 1.165) is 12.1 Å². The number of hydrogen-bond acceptors (Lipinski definition) is 4. The summed E-state index contributed by atoms with van der Waals surface area (Å²) in [7, 11) is -3.56. The highest BCUT2D eigenvalue weighted by Crippen LogP contribution is 2.17. The molecule has 0 N–H and O–H groups in total. The number of benzene rings is 1. The maximum atomic E-state index is 12.8. The zero-order valence-corrected chi connectivity index (χ0v) is 10.6. The Morgan fingerprint density at radius 3 is 2.53 bits per heavy atom. The summed E-state index contributed by atoms with van der Waals surface area (Å²) in [6.45, 7) is 0. The molecule has 0 atom stereocenters. The largest absolute Gasteiger partial charge is 0.246 e. The van der Waals surface area contributed by atoms with E-state index >= 15 is 0 Å². The molecule has 0 radical (unpaired) electrons. The summed E-state index contributed by atoms with van der Waals surface area (Å²) in [5.41, 5.74) is 0.627. The summed E-state index contributed by atoms with van der Waals surface area (Å²) >= 11 is 0. The van der Waals surface area contributed by atoms with Gasteiger partial charge in [0.1, 0.15) is 17.6 Å². The molecule has 0 aliphatic heterocycles. The molecule has 0 spiro atoms. The third kappa shape index (κ3) is 3.14. The summed E-state index contributed by atoms with van der Waals surface area (Å²) < 4.78 is 36.9. The molecule has 96 valence electrons. The second kappa shape index (κ2) is 5.16. The van der Waals surface area contributed by atoms with Crippen molar-refractivity contribution in [1.29, 1.82) is 5.26 Å². The van der Waals surface area contributed by atoms with Crippen molar-refractivity contribution in [2.45, 2.75) is 10.6 Å². The summed E-state index contributed by atoms with van der Waals surface area (Å²) in [4.78, 5) is 3.81. The number of halogens is 1. The lowest BCUT2D eigenvalue weighted by molar-refractivity contribution is 0.594. The van der Waals surface area contributed by atoms with Crippen LogP contribution in [0.4, 0.5) is 4.39 Å². The number of nitriles is 1. The van der Waals surface area contributed by atoms with Crippen LogP contribution in [0, 0.1) is 17.1 Å². The molecular weight excluding hydrogens is 267 g/mol. The second-order valence-corrected chi connectivity index (χ2v) is 5.86. The van der Waals surface area contributed by atoms with E-state index in [2.05, 4.69) is 4.98 Å². The molecule has 1 aromatic carbocycles. The van der Waals surface area contributed by atoms with Crippen LogP contribution in [-0.2, 0) is 15.6 Å². The fraction of sp³-hybridized carbons (Fsp3) is 0.0769. The van der Waals surface area contributed by atoms with E-state index in [9.17, 15) is 12.8 Å². The summed E-state index contributed by atoms with van der Waals surface area (Å²) in [6, 6.07) is 9.43. The lowest BCUT2D eigenvalue weighted by Crippen LogP contribution is -2.05. The number of pyridine rings is 1. The first kappa shape index (κ1) is 13.2. The van der Waals surface area contributed by atoms with E-state index in [1.54, 1.807) is 0 Å². The normalized spacial score (nSPS) is 10.9. The maximum Gasteiger partial charge on any atom is 0.182 e. The first-order chi connectivity index (χ1) is 9.01. The number of aromatic nitrogens is 1. The van der Waals surface area contributed by atoms with Crippen LogP contribution in [0.15, 0.2) is 47.5 Å². The van der Waals surface area contributed by atoms with Crippen molar-refractivity contribution >= 4 is 9.84 Å². The number of nitrogens with zero attached hydrogens (tertiary/aromatic N) is 2. The third-order valence-corrected chi connectivity index (χ3v) is 4.17. The first-order valence-corrected chi connectivity index (χ1v) is 7.00. The quantitative estimate of drug-likeness (QED) is 0.804. The van der Waals surface area contributed by atoms with Gasteiger partial charge in [-0.3, -0.25) is 0 Å². The maximum absolute atomic E-state index is 12.8. The molecule has 0 fully saturated rings. The summed E-state index contributed by atoms with van der Waals surface area (Å²) in [5, 5.41) is 8.70. The predicted octanol–water partition coefficient (Wildman–Crippen LogP) is 2.07. The minimum Gasteiger partial charge on any atom is -0.246 e. The molecule has 4 nitrogen and oxygen atoms in total. The SMILES string of the molecule is N#Cc1cc(CS(=O)(=O)c2ccc(F)cc2)ccn1. The Labute approximate surface area is 110 Å². The van der Waals surface area contributed by atoms with Crippen LogP contribution in [0.2, 0.25) is 0 Å². The number of sulfone groups is 1. The van der Waals surface area contributed by atoms with Crippen molar-refractivity contribution in [3.63, 3.8) is 0 Å². The van der Waals surface area contributed by atoms with E-state index in [1.807, 2.05) is 6.07 Å². The minimum absolute atomic E-state index is 0.0456. The van der Waals surface area contributed by atoms with Crippen LogP contribution in [0.1, 0.15) is 11.3 Å². The van der Waals surface area contributed by atoms with E-state index in [-0.39, 0.29) is 16.3 Å². The Hall–Kier alpha value is -2.26. The van der Waals surface area contributed by atoms with Gasteiger partial charge in [0.2, 0.25) is 0 Å². The van der Waals surface area contributed by atoms with Gasteiger partial charge in [-0.15, -0.1) is 0 Å². The zero-order chi connectivity index (χ0) is 13.9. The molecule has 2 aromatic rings. The van der Waals surface area contributed by atoms with Gasteiger partial charge in [-0.05, 0) is 42.0 Å². The monoisotopic (exact) mass is 276 g/mol. The van der Waals surface area contributed by atoms with Crippen LogP contribution >= 0.6 is 0 Å². The fourth-order valence-electron chi connectivity index (χ4n) is 1.57. The van der Waals surface area contributed by atoms with Gasteiger partial charge in [-0.25, -0.2) is 17.8 Å². The van der Waals surface area contributed by atoms with E-state index in [0.29, 0.717) is 5.56 Å². The molecule has 0 bridgehead atoms. The first-order valence-electron chi connectivity index (χ1n) is 5.34. The van der Waals surface area contributed by atoms with Crippen molar-refractivity contribution in [1.82, 2.24) is 4.98 Å². The molecule has 0 saturated carbocycles. The standard InChI is InChI=1S/C13H9FN2O2S/c14-11-1-3-13(4-2-11)19(17,18)9-10-5-6-16-12(7-10)8-15/h1-7H,9H2. The Bertz CT molecular complexity index is 734. The predicted molar refractivity (Wildman–Crippen MR) is 66.2 cm³/mol. The lowest BCUT2D eigenvalue weighted by atomic mass is 10.2. The molecule has 0 aliphatic carbocycles. The smallest absolute Gasteiger partial charge is 0.182 e. The van der Waals surface area contributed by atoms with Crippen molar-refractivity contribution in [3.8, 4) is 6.07 Å². The molecule has 0 aliphatic rings. The van der Waals surface area contributed by atoms with Gasteiger partial charge in [0.05, 0.1) is 10.6 Å². The zero-order valence-electron chi connectivity index (χ0n) is 9.75. The second-order valence-electron chi connectivity index (χ2n) is 3.87. The van der Waals surface area contributed by atoms with E-state index in [1.165, 1.54) is 30.5 Å². The molecule has 0 amide bonds. The third-order valence-electron chi connectivity index (χ3n) is 2.47. The molecule has 1 aromatic heterocycles. The van der Waals surface area contributed by atoms with Crippen LogP contribution in [0.25, 0.3) is 0 Å². The van der Waals surface area contributed by atoms with Crippen molar-refractivity contribution in [2.75, 3.05) is 0 Å². The highest BCUT2D eigenvalue weighted by molar-refractivity contribution is 7.90. The van der Waals surface area contributed by atoms with Crippen LogP contribution in [0.3, 0.4) is 0 Å². The van der Waals surface area contributed by atoms with Crippen molar-refractivity contribution in [3.05, 3.63) is 59.7 Å². The van der Waals surface area contributed by atoms with Crippen LogP contribution < -0.4 is 0 Å². The average Bonchev–Trinajstić information content (AvgIpc) is 2.39. The van der Waals surface area contributed by atoms with Gasteiger partial charge >= 0.3 is 0 Å². The fourth-order valence-corrected chi connectivity index (χ4v) is 2.91. The Balaban J connectivity index is 2.31. The average molecular weight is 276 g/mol. The van der Waals surface area contributed by atoms with E-state index in [4.69, 9.17) is 5.26 Å². The Morgan fingerprint density at radius 1 is 1.21 bits per heavy atom. The van der Waals surface area contributed by atoms with Crippen LogP contribution in [0.5, 0.6) is 0 Å². The van der Waals surface area contributed by atoms with Gasteiger partial charge in [0, 0.05) is 6.20 Å². The van der Waals surface area contributed by atoms with Gasteiger partial charge < -0.3 is 0 Å². The van der Waals surface area contributed by atoms with Crippen molar-refractivity contribution < 1.29 is 12.8 Å². The van der Waals surface area contributed by atoms with Crippen LogP contribution in [-0.4, -0.2) is 13.4 Å². The molecular formula is C13H9FN2O2S. The van der Waals surface area contributed by atoms with Gasteiger partial charge in [0.25, 0.3) is 0 Å². The number of hydrogen-bond donors (Lipinski definition) is 0. The lowest BCUT2D eigenvalue weighted by Gasteiger charge is -2.04. The molecule has 2 rings (SSSR count). The molecule has 0 unspecified atom stereocenters. The summed E-state index contributed by atoms with van der Waals surface area (Å²) in [5.74, 6) is -0.745. The highest BCUT2D eigenvalue weighted by atomic mass is 32.2. The number of rotatable bonds is 3. The molecule has 0 saturated heterocycles. The van der Waals surface area contributed by atoms with Crippen molar-refractivity contribution in [2.24, 2.45) is 0 Å². The Morgan fingerprint density at radius 2 is 1.89 bits per heavy atom. The molecule has 6 heteroatoms. The van der Waals surface area contributed by atoms with Gasteiger partial charge in [-0.2, -0.15) is 5.26 Å². The molecule has 19 heavy (non-hydrogen) atoms. The van der Waals surface area contributed by atoms with Gasteiger partial charge in [0.15, 0.2) is 9.84 Å². The highest BCUT2D eigenvalue weighted by Gasteiger charge is 2.15. The topological polar surface area (TPSA) is 70.8 Å². The van der Waals surface area contributed by atoms with E-state index < -0.39 is 15.7 Å².